The summed E-state index contributed by atoms with van der Waals surface area (Å²) in [6, 6.07) is 28.5. The second kappa shape index (κ2) is 7.13. The van der Waals surface area contributed by atoms with E-state index in [1.165, 1.54) is 0 Å². The summed E-state index contributed by atoms with van der Waals surface area (Å²) in [5, 5.41) is 10.3. The molecule has 5 heteroatoms. The van der Waals surface area contributed by atoms with Crippen molar-refractivity contribution < 1.29 is 0 Å². The molecule has 0 amide bonds. The van der Waals surface area contributed by atoms with Crippen molar-refractivity contribution in [3.8, 4) is 11.1 Å². The third kappa shape index (κ3) is 3.19. The highest BCUT2D eigenvalue weighted by atomic mass is 16.1. The molecule has 3 aromatic carbocycles. The SMILES string of the molecule is O=c1c(-c2ccccc2)c(N=Nc2ccc3ccccc3n2)[nH]c2ccccc12. The van der Waals surface area contributed by atoms with Gasteiger partial charge in [0.2, 0.25) is 0 Å². The van der Waals surface area contributed by atoms with Crippen LogP contribution in [0.2, 0.25) is 0 Å². The van der Waals surface area contributed by atoms with Gasteiger partial charge in [-0.15, -0.1) is 10.2 Å². The Balaban J connectivity index is 1.68. The highest BCUT2D eigenvalue weighted by Crippen LogP contribution is 2.29. The molecule has 5 nitrogen and oxygen atoms in total. The molecular weight excluding hydrogens is 360 g/mol. The Hall–Kier alpha value is -4.12. The standard InChI is InChI=1S/C24H16N4O/c29-23-18-11-5-7-13-20(18)26-24(22(23)17-9-2-1-3-10-17)28-27-21-15-14-16-8-4-6-12-19(16)25-21/h1-15H,(H,26,29). The van der Waals surface area contributed by atoms with Crippen molar-refractivity contribution in [2.45, 2.75) is 0 Å². The summed E-state index contributed by atoms with van der Waals surface area (Å²) in [5.74, 6) is 0.895. The highest BCUT2D eigenvalue weighted by Gasteiger charge is 2.13. The van der Waals surface area contributed by atoms with Gasteiger partial charge in [0, 0.05) is 10.8 Å². The molecule has 5 rings (SSSR count). The van der Waals surface area contributed by atoms with Crippen LogP contribution in [0.5, 0.6) is 0 Å². The van der Waals surface area contributed by atoms with Gasteiger partial charge < -0.3 is 4.98 Å². The van der Waals surface area contributed by atoms with E-state index in [-0.39, 0.29) is 5.43 Å². The Kier molecular flexibility index (Phi) is 4.18. The number of hydrogen-bond donors (Lipinski definition) is 1. The lowest BCUT2D eigenvalue weighted by Gasteiger charge is -2.07. The number of nitrogens with zero attached hydrogens (tertiary/aromatic N) is 3. The van der Waals surface area contributed by atoms with Crippen LogP contribution < -0.4 is 5.43 Å². The van der Waals surface area contributed by atoms with Gasteiger partial charge in [-0.1, -0.05) is 60.7 Å². The highest BCUT2D eigenvalue weighted by molar-refractivity contribution is 5.88. The quantitative estimate of drug-likeness (QED) is 0.383. The van der Waals surface area contributed by atoms with E-state index < -0.39 is 0 Å². The Bertz CT molecular complexity index is 1420. The van der Waals surface area contributed by atoms with Crippen LogP contribution in [0.1, 0.15) is 0 Å². The van der Waals surface area contributed by atoms with E-state index >= 15 is 0 Å². The predicted molar refractivity (Wildman–Crippen MR) is 116 cm³/mol. The fourth-order valence-electron chi connectivity index (χ4n) is 3.38. The van der Waals surface area contributed by atoms with Crippen LogP contribution in [0, 0.1) is 0 Å². The topological polar surface area (TPSA) is 70.5 Å². The summed E-state index contributed by atoms with van der Waals surface area (Å²) in [6.45, 7) is 0. The molecule has 0 spiro atoms. The van der Waals surface area contributed by atoms with E-state index in [9.17, 15) is 4.79 Å². The van der Waals surface area contributed by atoms with E-state index in [2.05, 4.69) is 20.2 Å². The summed E-state index contributed by atoms with van der Waals surface area (Å²) >= 11 is 0. The Morgan fingerprint density at radius 1 is 0.724 bits per heavy atom. The smallest absolute Gasteiger partial charge is 0.199 e. The maximum atomic E-state index is 13.2. The molecule has 0 aliphatic carbocycles. The number of nitrogens with one attached hydrogen (secondary N) is 1. The van der Waals surface area contributed by atoms with Crippen LogP contribution in [0.25, 0.3) is 32.9 Å². The first-order valence-electron chi connectivity index (χ1n) is 9.27. The molecule has 0 atom stereocenters. The predicted octanol–water partition coefficient (Wildman–Crippen LogP) is 6.16. The van der Waals surface area contributed by atoms with Crippen LogP contribution >= 0.6 is 0 Å². The molecule has 0 aliphatic rings. The number of hydrogen-bond acceptors (Lipinski definition) is 4. The first kappa shape index (κ1) is 17.0. The first-order chi connectivity index (χ1) is 14.3. The normalized spacial score (nSPS) is 11.4. The Morgan fingerprint density at radius 2 is 1.48 bits per heavy atom. The molecule has 1 N–H and O–H groups in total. The maximum Gasteiger partial charge on any atom is 0.199 e. The number of benzene rings is 3. The van der Waals surface area contributed by atoms with Crippen LogP contribution in [-0.4, -0.2) is 9.97 Å². The fourth-order valence-corrected chi connectivity index (χ4v) is 3.38. The van der Waals surface area contributed by atoms with Crippen molar-refractivity contribution in [2.24, 2.45) is 10.2 Å². The van der Waals surface area contributed by atoms with Gasteiger partial charge in [-0.2, -0.15) is 0 Å². The molecular formula is C24H16N4O. The zero-order chi connectivity index (χ0) is 19.6. The lowest BCUT2D eigenvalue weighted by molar-refractivity contribution is 1.14. The molecule has 0 bridgehead atoms. The average molecular weight is 376 g/mol. The molecule has 2 aromatic heterocycles. The van der Waals surface area contributed by atoms with E-state index in [1.54, 1.807) is 0 Å². The van der Waals surface area contributed by atoms with Gasteiger partial charge in [-0.3, -0.25) is 4.79 Å². The van der Waals surface area contributed by atoms with Crippen molar-refractivity contribution in [2.75, 3.05) is 0 Å². The van der Waals surface area contributed by atoms with Crippen molar-refractivity contribution in [3.05, 3.63) is 101 Å². The minimum Gasteiger partial charge on any atom is -0.337 e. The van der Waals surface area contributed by atoms with Crippen LogP contribution in [0.15, 0.2) is 106 Å². The monoisotopic (exact) mass is 376 g/mol. The van der Waals surface area contributed by atoms with E-state index in [1.807, 2.05) is 91.0 Å². The average Bonchev–Trinajstić information content (AvgIpc) is 2.78. The molecule has 138 valence electrons. The minimum atomic E-state index is -0.0778. The molecule has 0 fully saturated rings. The lowest BCUT2D eigenvalue weighted by Crippen LogP contribution is -2.07. The molecule has 0 aliphatic heterocycles. The van der Waals surface area contributed by atoms with Crippen LogP contribution in [-0.2, 0) is 0 Å². The summed E-state index contributed by atoms with van der Waals surface area (Å²) in [7, 11) is 0. The van der Waals surface area contributed by atoms with Crippen LogP contribution in [0.3, 0.4) is 0 Å². The summed E-state index contributed by atoms with van der Waals surface area (Å²) < 4.78 is 0. The number of pyridine rings is 2. The molecule has 2 heterocycles. The molecule has 0 radical (unpaired) electrons. The molecule has 0 saturated carbocycles. The van der Waals surface area contributed by atoms with Gasteiger partial charge in [0.15, 0.2) is 17.1 Å². The summed E-state index contributed by atoms with van der Waals surface area (Å²) in [4.78, 5) is 21.0. The first-order valence-corrected chi connectivity index (χ1v) is 9.27. The van der Waals surface area contributed by atoms with Gasteiger partial charge in [-0.05, 0) is 35.9 Å². The van der Waals surface area contributed by atoms with E-state index in [0.29, 0.717) is 22.6 Å². The Labute approximate surface area is 166 Å². The largest absolute Gasteiger partial charge is 0.337 e. The second-order valence-corrected chi connectivity index (χ2v) is 6.65. The third-order valence-corrected chi connectivity index (χ3v) is 4.79. The minimum absolute atomic E-state index is 0.0778. The number of aromatic nitrogens is 2. The van der Waals surface area contributed by atoms with Gasteiger partial charge in [0.25, 0.3) is 0 Å². The van der Waals surface area contributed by atoms with Crippen molar-refractivity contribution in [1.82, 2.24) is 9.97 Å². The van der Waals surface area contributed by atoms with E-state index in [4.69, 9.17) is 0 Å². The molecule has 29 heavy (non-hydrogen) atoms. The second-order valence-electron chi connectivity index (χ2n) is 6.65. The van der Waals surface area contributed by atoms with Crippen molar-refractivity contribution >= 4 is 33.4 Å². The number of para-hydroxylation sites is 2. The number of azo groups is 1. The molecule has 0 unspecified atom stereocenters. The van der Waals surface area contributed by atoms with Crippen LogP contribution in [0.4, 0.5) is 11.6 Å². The summed E-state index contributed by atoms with van der Waals surface area (Å²) in [5.41, 5.74) is 2.77. The van der Waals surface area contributed by atoms with Gasteiger partial charge in [0.05, 0.1) is 16.6 Å². The van der Waals surface area contributed by atoms with Crippen molar-refractivity contribution in [1.29, 1.82) is 0 Å². The number of fused-ring (bicyclic) bond motifs is 2. The Morgan fingerprint density at radius 3 is 2.38 bits per heavy atom. The van der Waals surface area contributed by atoms with Gasteiger partial charge >= 0.3 is 0 Å². The zero-order valence-corrected chi connectivity index (χ0v) is 15.4. The third-order valence-electron chi connectivity index (χ3n) is 4.79. The number of aromatic amines is 1. The number of H-pyrrole nitrogens is 1. The summed E-state index contributed by atoms with van der Waals surface area (Å²) in [6.07, 6.45) is 0. The fraction of sp³-hybridized carbons (Fsp3) is 0. The van der Waals surface area contributed by atoms with Gasteiger partial charge in [-0.25, -0.2) is 4.98 Å². The van der Waals surface area contributed by atoms with Gasteiger partial charge in [0.1, 0.15) is 0 Å². The maximum absolute atomic E-state index is 13.2. The zero-order valence-electron chi connectivity index (χ0n) is 15.4. The molecule has 0 saturated heterocycles. The van der Waals surface area contributed by atoms with E-state index in [0.717, 1.165) is 22.0 Å². The molecule has 5 aromatic rings. The lowest BCUT2D eigenvalue weighted by atomic mass is 10.0. The van der Waals surface area contributed by atoms with Crippen molar-refractivity contribution in [3.63, 3.8) is 0 Å². The number of rotatable bonds is 3.